The average Bonchev–Trinajstić information content (AvgIpc) is 2.93. The van der Waals surface area contributed by atoms with Gasteiger partial charge in [0.15, 0.2) is 0 Å². The summed E-state index contributed by atoms with van der Waals surface area (Å²) in [5, 5.41) is 4.89. The van der Waals surface area contributed by atoms with E-state index in [0.29, 0.717) is 11.2 Å². The van der Waals surface area contributed by atoms with Crippen LogP contribution < -0.4 is 4.90 Å². The van der Waals surface area contributed by atoms with Gasteiger partial charge in [0, 0.05) is 37.4 Å². The second kappa shape index (κ2) is 4.98. The maximum Gasteiger partial charge on any atom is 0.131 e. The summed E-state index contributed by atoms with van der Waals surface area (Å²) < 4.78 is 2.05. The van der Waals surface area contributed by atoms with Crippen molar-refractivity contribution in [3.63, 3.8) is 0 Å². The maximum atomic E-state index is 5.94. The number of hydrogen-bond acceptors (Lipinski definition) is 3. The summed E-state index contributed by atoms with van der Waals surface area (Å²) in [4.78, 5) is 6.38. The molecule has 94 valence electrons. The van der Waals surface area contributed by atoms with Crippen molar-refractivity contribution in [3.05, 3.63) is 41.9 Å². The first-order valence-electron chi connectivity index (χ1n) is 6.18. The van der Waals surface area contributed by atoms with Crippen LogP contribution in [0.4, 0.5) is 5.69 Å². The lowest BCUT2D eigenvalue weighted by atomic mass is 10.1. The van der Waals surface area contributed by atoms with Gasteiger partial charge < -0.3 is 4.90 Å². The fraction of sp³-hybridized carbons (Fsp3) is 0.385. The van der Waals surface area contributed by atoms with E-state index in [1.807, 2.05) is 30.6 Å². The summed E-state index contributed by atoms with van der Waals surface area (Å²) in [6, 6.07) is 6.35. The van der Waals surface area contributed by atoms with Crippen LogP contribution in [0.25, 0.3) is 0 Å². The molecular formula is C13H15ClN4. The molecule has 5 heteroatoms. The highest BCUT2D eigenvalue weighted by Crippen LogP contribution is 2.26. The highest BCUT2D eigenvalue weighted by atomic mass is 35.5. The topological polar surface area (TPSA) is 34.0 Å². The molecule has 0 amide bonds. The molecule has 1 fully saturated rings. The number of hydrogen-bond donors (Lipinski definition) is 0. The van der Waals surface area contributed by atoms with Gasteiger partial charge in [0.25, 0.3) is 0 Å². The number of halogens is 1. The van der Waals surface area contributed by atoms with Crippen LogP contribution in [0.3, 0.4) is 0 Å². The second-order valence-electron chi connectivity index (χ2n) is 4.56. The van der Waals surface area contributed by atoms with Crippen molar-refractivity contribution in [2.24, 2.45) is 0 Å². The lowest BCUT2D eigenvalue weighted by Gasteiger charge is -2.34. The summed E-state index contributed by atoms with van der Waals surface area (Å²) in [5.41, 5.74) is 1.15. The highest BCUT2D eigenvalue weighted by Gasteiger charge is 2.21. The number of nitrogens with zero attached hydrogens (tertiary/aromatic N) is 4. The Morgan fingerprint density at radius 2 is 2.28 bits per heavy atom. The first-order chi connectivity index (χ1) is 8.83. The summed E-state index contributed by atoms with van der Waals surface area (Å²) in [6.45, 7) is 2.04. The van der Waals surface area contributed by atoms with Gasteiger partial charge in [-0.25, -0.2) is 4.98 Å². The molecule has 0 spiro atoms. The maximum absolute atomic E-state index is 5.94. The predicted octanol–water partition coefficient (Wildman–Crippen LogP) is 2.77. The van der Waals surface area contributed by atoms with Crippen LogP contribution in [0.15, 0.2) is 36.8 Å². The Morgan fingerprint density at radius 1 is 1.33 bits per heavy atom. The van der Waals surface area contributed by atoms with Crippen LogP contribution in [0.5, 0.6) is 0 Å². The van der Waals surface area contributed by atoms with Crippen molar-refractivity contribution in [2.75, 3.05) is 18.0 Å². The van der Waals surface area contributed by atoms with Crippen LogP contribution in [-0.4, -0.2) is 27.9 Å². The van der Waals surface area contributed by atoms with Crippen LogP contribution in [-0.2, 0) is 0 Å². The Labute approximate surface area is 111 Å². The van der Waals surface area contributed by atoms with E-state index in [4.69, 9.17) is 11.6 Å². The van der Waals surface area contributed by atoms with Gasteiger partial charge in [-0.05, 0) is 31.0 Å². The molecule has 3 heterocycles. The van der Waals surface area contributed by atoms with E-state index >= 15 is 0 Å². The number of anilines is 1. The minimum atomic E-state index is 0.445. The third-order valence-corrected chi connectivity index (χ3v) is 3.58. The lowest BCUT2D eigenvalue weighted by molar-refractivity contribution is 0.376. The molecule has 0 bridgehead atoms. The second-order valence-corrected chi connectivity index (χ2v) is 4.95. The number of pyridine rings is 1. The molecule has 3 rings (SSSR count). The van der Waals surface area contributed by atoms with Crippen molar-refractivity contribution in [3.8, 4) is 0 Å². The van der Waals surface area contributed by atoms with Gasteiger partial charge in [-0.2, -0.15) is 5.10 Å². The van der Waals surface area contributed by atoms with Gasteiger partial charge in [-0.3, -0.25) is 4.68 Å². The number of rotatable bonds is 2. The Balaban J connectivity index is 1.78. The third kappa shape index (κ3) is 2.34. The molecule has 2 aromatic heterocycles. The quantitative estimate of drug-likeness (QED) is 0.781. The van der Waals surface area contributed by atoms with E-state index in [1.54, 1.807) is 6.20 Å². The van der Waals surface area contributed by atoms with Crippen LogP contribution in [0.2, 0.25) is 5.15 Å². The molecule has 18 heavy (non-hydrogen) atoms. The monoisotopic (exact) mass is 262 g/mol. The van der Waals surface area contributed by atoms with E-state index in [2.05, 4.69) is 19.7 Å². The largest absolute Gasteiger partial charge is 0.369 e. The summed E-state index contributed by atoms with van der Waals surface area (Å²) in [6.07, 6.45) is 7.98. The molecule has 0 saturated carbocycles. The fourth-order valence-corrected chi connectivity index (χ4v) is 2.66. The van der Waals surface area contributed by atoms with Gasteiger partial charge in [0.05, 0.1) is 6.04 Å². The normalized spacial score (nSPS) is 20.1. The van der Waals surface area contributed by atoms with E-state index in [1.165, 1.54) is 12.8 Å². The fourth-order valence-electron chi connectivity index (χ4n) is 2.49. The van der Waals surface area contributed by atoms with Crippen LogP contribution >= 0.6 is 11.6 Å². The van der Waals surface area contributed by atoms with E-state index < -0.39 is 0 Å². The molecule has 0 N–H and O–H groups in total. The molecule has 0 aliphatic carbocycles. The molecule has 1 atom stereocenters. The predicted molar refractivity (Wildman–Crippen MR) is 72.0 cm³/mol. The van der Waals surface area contributed by atoms with E-state index in [0.717, 1.165) is 18.8 Å². The molecule has 1 saturated heterocycles. The molecule has 1 aliphatic heterocycles. The van der Waals surface area contributed by atoms with Gasteiger partial charge in [0.2, 0.25) is 0 Å². The van der Waals surface area contributed by atoms with Crippen molar-refractivity contribution < 1.29 is 0 Å². The Hall–Kier alpha value is -1.55. The van der Waals surface area contributed by atoms with E-state index in [-0.39, 0.29) is 0 Å². The molecule has 4 nitrogen and oxygen atoms in total. The standard InChI is InChI=1S/C13H15ClN4/c14-13-9-11(4-6-15-13)17-7-1-3-12(10-17)18-8-2-5-16-18/h2,4-6,8-9,12H,1,3,7,10H2. The first kappa shape index (κ1) is 11.5. The zero-order valence-corrected chi connectivity index (χ0v) is 10.8. The molecular weight excluding hydrogens is 248 g/mol. The van der Waals surface area contributed by atoms with Gasteiger partial charge in [-0.15, -0.1) is 0 Å². The van der Waals surface area contributed by atoms with Crippen molar-refractivity contribution in [1.29, 1.82) is 0 Å². The lowest BCUT2D eigenvalue weighted by Crippen LogP contribution is -2.36. The summed E-state index contributed by atoms with van der Waals surface area (Å²) in [7, 11) is 0. The Kier molecular flexibility index (Phi) is 3.19. The molecule has 1 unspecified atom stereocenters. The summed E-state index contributed by atoms with van der Waals surface area (Å²) in [5.74, 6) is 0. The van der Waals surface area contributed by atoms with Crippen molar-refractivity contribution in [2.45, 2.75) is 18.9 Å². The zero-order valence-electron chi connectivity index (χ0n) is 10.0. The van der Waals surface area contributed by atoms with Gasteiger partial charge >= 0.3 is 0 Å². The van der Waals surface area contributed by atoms with E-state index in [9.17, 15) is 0 Å². The molecule has 0 radical (unpaired) electrons. The zero-order chi connectivity index (χ0) is 12.4. The molecule has 1 aliphatic rings. The minimum absolute atomic E-state index is 0.445. The van der Waals surface area contributed by atoms with Crippen LogP contribution in [0.1, 0.15) is 18.9 Å². The number of piperidine rings is 1. The summed E-state index contributed by atoms with van der Waals surface area (Å²) >= 11 is 5.94. The average molecular weight is 263 g/mol. The SMILES string of the molecule is Clc1cc(N2CCCC(n3cccn3)C2)ccn1. The first-order valence-corrected chi connectivity index (χ1v) is 6.56. The van der Waals surface area contributed by atoms with Crippen molar-refractivity contribution >= 4 is 17.3 Å². The third-order valence-electron chi connectivity index (χ3n) is 3.37. The molecule has 0 aromatic carbocycles. The number of aromatic nitrogens is 3. The van der Waals surface area contributed by atoms with Crippen LogP contribution in [0, 0.1) is 0 Å². The Morgan fingerprint density at radius 3 is 3.06 bits per heavy atom. The minimum Gasteiger partial charge on any atom is -0.369 e. The smallest absolute Gasteiger partial charge is 0.131 e. The van der Waals surface area contributed by atoms with Gasteiger partial charge in [0.1, 0.15) is 5.15 Å². The Bertz CT molecular complexity index is 511. The van der Waals surface area contributed by atoms with Crippen molar-refractivity contribution in [1.82, 2.24) is 14.8 Å². The molecule has 2 aromatic rings. The van der Waals surface area contributed by atoms with Gasteiger partial charge in [-0.1, -0.05) is 11.6 Å². The highest BCUT2D eigenvalue weighted by molar-refractivity contribution is 6.29.